The SMILES string of the molecule is Cc1c(C(=O)c2ccccc2)oc2cc(NC(=O)Cc3ccc(Cl)cc3)ccc12. The maximum atomic E-state index is 12.8. The van der Waals surface area contributed by atoms with Crippen LogP contribution >= 0.6 is 11.6 Å². The quantitative estimate of drug-likeness (QED) is 0.428. The van der Waals surface area contributed by atoms with Gasteiger partial charge in [-0.2, -0.15) is 0 Å². The van der Waals surface area contributed by atoms with Gasteiger partial charge in [-0.05, 0) is 36.8 Å². The van der Waals surface area contributed by atoms with Crippen molar-refractivity contribution in [1.29, 1.82) is 0 Å². The highest BCUT2D eigenvalue weighted by Gasteiger charge is 2.19. The molecule has 4 nitrogen and oxygen atoms in total. The molecule has 0 spiro atoms. The molecule has 1 heterocycles. The van der Waals surface area contributed by atoms with E-state index in [0.29, 0.717) is 27.6 Å². The Kier molecular flexibility index (Phi) is 5.19. The van der Waals surface area contributed by atoms with Crippen molar-refractivity contribution in [3.8, 4) is 0 Å². The van der Waals surface area contributed by atoms with Crippen LogP contribution in [-0.4, -0.2) is 11.7 Å². The van der Waals surface area contributed by atoms with Gasteiger partial charge in [0.25, 0.3) is 0 Å². The van der Waals surface area contributed by atoms with Gasteiger partial charge >= 0.3 is 0 Å². The molecule has 3 aromatic carbocycles. The first-order valence-corrected chi connectivity index (χ1v) is 9.56. The third-order valence-electron chi connectivity index (χ3n) is 4.74. The van der Waals surface area contributed by atoms with Crippen molar-refractivity contribution in [1.82, 2.24) is 0 Å². The molecule has 4 rings (SSSR count). The van der Waals surface area contributed by atoms with Crippen LogP contribution in [0.25, 0.3) is 11.0 Å². The normalized spacial score (nSPS) is 10.8. The lowest BCUT2D eigenvalue weighted by molar-refractivity contribution is -0.115. The Hall–Kier alpha value is -3.37. The number of carbonyl (C=O) groups excluding carboxylic acids is 2. The Morgan fingerprint density at radius 3 is 2.41 bits per heavy atom. The van der Waals surface area contributed by atoms with Crippen LogP contribution in [0.2, 0.25) is 5.02 Å². The zero-order valence-corrected chi connectivity index (χ0v) is 16.5. The second kappa shape index (κ2) is 7.94. The minimum atomic E-state index is -0.160. The summed E-state index contributed by atoms with van der Waals surface area (Å²) in [6, 6.07) is 21.6. The van der Waals surface area contributed by atoms with Crippen molar-refractivity contribution < 1.29 is 14.0 Å². The summed E-state index contributed by atoms with van der Waals surface area (Å²) in [4.78, 5) is 25.1. The van der Waals surface area contributed by atoms with Gasteiger partial charge in [0.2, 0.25) is 11.7 Å². The van der Waals surface area contributed by atoms with Gasteiger partial charge < -0.3 is 9.73 Å². The van der Waals surface area contributed by atoms with Crippen molar-refractivity contribution in [2.24, 2.45) is 0 Å². The molecule has 0 aliphatic heterocycles. The molecule has 144 valence electrons. The number of furan rings is 1. The van der Waals surface area contributed by atoms with Crippen molar-refractivity contribution in [2.45, 2.75) is 13.3 Å². The Morgan fingerprint density at radius 2 is 1.69 bits per heavy atom. The zero-order valence-electron chi connectivity index (χ0n) is 15.7. The van der Waals surface area contributed by atoms with Crippen LogP contribution in [0.4, 0.5) is 5.69 Å². The first-order valence-electron chi connectivity index (χ1n) is 9.18. The topological polar surface area (TPSA) is 59.3 Å². The molecular weight excluding hydrogens is 386 g/mol. The molecule has 0 aliphatic rings. The smallest absolute Gasteiger partial charge is 0.228 e. The molecule has 0 atom stereocenters. The summed E-state index contributed by atoms with van der Waals surface area (Å²) in [5.41, 5.74) is 3.41. The molecule has 4 aromatic rings. The number of anilines is 1. The Balaban J connectivity index is 1.55. The number of ketones is 1. The minimum Gasteiger partial charge on any atom is -0.452 e. The molecule has 0 unspecified atom stereocenters. The average molecular weight is 404 g/mol. The molecule has 29 heavy (non-hydrogen) atoms. The molecule has 0 radical (unpaired) electrons. The van der Waals surface area contributed by atoms with Crippen LogP contribution in [0.5, 0.6) is 0 Å². The van der Waals surface area contributed by atoms with Crippen LogP contribution in [-0.2, 0) is 11.2 Å². The summed E-state index contributed by atoms with van der Waals surface area (Å²) in [6.07, 6.45) is 0.240. The van der Waals surface area contributed by atoms with Crippen LogP contribution < -0.4 is 5.32 Å². The number of carbonyl (C=O) groups is 2. The summed E-state index contributed by atoms with van der Waals surface area (Å²) in [5, 5.41) is 4.35. The predicted molar refractivity (Wildman–Crippen MR) is 115 cm³/mol. The second-order valence-corrected chi connectivity index (χ2v) is 7.25. The van der Waals surface area contributed by atoms with E-state index < -0.39 is 0 Å². The second-order valence-electron chi connectivity index (χ2n) is 6.81. The lowest BCUT2D eigenvalue weighted by atomic mass is 10.0. The molecule has 0 saturated heterocycles. The Morgan fingerprint density at radius 1 is 0.966 bits per heavy atom. The lowest BCUT2D eigenvalue weighted by Crippen LogP contribution is -2.14. The molecule has 0 bridgehead atoms. The maximum absolute atomic E-state index is 12.8. The predicted octanol–water partition coefficient (Wildman–Crippen LogP) is 5.81. The van der Waals surface area contributed by atoms with Crippen molar-refractivity contribution in [2.75, 3.05) is 5.32 Å². The van der Waals surface area contributed by atoms with Crippen LogP contribution in [0.1, 0.15) is 27.2 Å². The minimum absolute atomic E-state index is 0.143. The Labute approximate surface area is 173 Å². The fraction of sp³-hybridized carbons (Fsp3) is 0.0833. The summed E-state index contributed by atoms with van der Waals surface area (Å²) >= 11 is 5.87. The van der Waals surface area contributed by atoms with Gasteiger partial charge in [-0.25, -0.2) is 0 Å². The van der Waals surface area contributed by atoms with E-state index in [-0.39, 0.29) is 18.1 Å². The zero-order chi connectivity index (χ0) is 20.4. The van der Waals surface area contributed by atoms with Crippen LogP contribution in [0.15, 0.2) is 77.2 Å². The number of hydrogen-bond donors (Lipinski definition) is 1. The molecule has 0 fully saturated rings. The number of nitrogens with one attached hydrogen (secondary N) is 1. The van der Waals surface area contributed by atoms with Crippen molar-refractivity contribution in [3.63, 3.8) is 0 Å². The van der Waals surface area contributed by atoms with Crippen molar-refractivity contribution in [3.05, 3.63) is 100 Å². The van der Waals surface area contributed by atoms with E-state index in [1.54, 1.807) is 36.4 Å². The van der Waals surface area contributed by atoms with Crippen LogP contribution in [0.3, 0.4) is 0 Å². The number of hydrogen-bond acceptors (Lipinski definition) is 3. The third kappa shape index (κ3) is 4.08. The Bertz CT molecular complexity index is 1190. The summed E-state index contributed by atoms with van der Waals surface area (Å²) in [7, 11) is 0. The lowest BCUT2D eigenvalue weighted by Gasteiger charge is -2.05. The highest BCUT2D eigenvalue weighted by atomic mass is 35.5. The van der Waals surface area contributed by atoms with Gasteiger partial charge in [0.05, 0.1) is 6.42 Å². The maximum Gasteiger partial charge on any atom is 0.228 e. The van der Waals surface area contributed by atoms with Gasteiger partial charge in [-0.1, -0.05) is 54.1 Å². The van der Waals surface area contributed by atoms with E-state index >= 15 is 0 Å². The van der Waals surface area contributed by atoms with E-state index in [1.165, 1.54) is 0 Å². The van der Waals surface area contributed by atoms with E-state index in [0.717, 1.165) is 16.5 Å². The average Bonchev–Trinajstić information content (AvgIpc) is 3.05. The van der Waals surface area contributed by atoms with Gasteiger partial charge in [0.15, 0.2) is 5.76 Å². The largest absolute Gasteiger partial charge is 0.452 e. The van der Waals surface area contributed by atoms with E-state index in [4.69, 9.17) is 16.0 Å². The summed E-state index contributed by atoms with van der Waals surface area (Å²) in [5.74, 6) is 0.0130. The summed E-state index contributed by atoms with van der Waals surface area (Å²) in [6.45, 7) is 1.86. The molecule has 5 heteroatoms. The number of fused-ring (bicyclic) bond motifs is 1. The van der Waals surface area contributed by atoms with Crippen LogP contribution in [0, 0.1) is 6.92 Å². The molecule has 0 saturated carbocycles. The molecule has 1 aromatic heterocycles. The number of halogens is 1. The number of aryl methyl sites for hydroxylation is 1. The molecule has 1 amide bonds. The van der Waals surface area contributed by atoms with Crippen molar-refractivity contribution >= 4 is 39.9 Å². The highest BCUT2D eigenvalue weighted by Crippen LogP contribution is 2.29. The van der Waals surface area contributed by atoms with E-state index in [2.05, 4.69) is 5.32 Å². The monoisotopic (exact) mass is 403 g/mol. The molecular formula is C24H18ClNO3. The first kappa shape index (κ1) is 19.0. The highest BCUT2D eigenvalue weighted by molar-refractivity contribution is 6.30. The van der Waals surface area contributed by atoms with E-state index in [1.807, 2.05) is 43.3 Å². The van der Waals surface area contributed by atoms with Gasteiger partial charge in [0, 0.05) is 33.3 Å². The number of benzene rings is 3. The number of rotatable bonds is 5. The molecule has 0 aliphatic carbocycles. The number of amides is 1. The third-order valence-corrected chi connectivity index (χ3v) is 4.99. The molecule has 1 N–H and O–H groups in total. The van der Waals surface area contributed by atoms with E-state index in [9.17, 15) is 9.59 Å². The fourth-order valence-electron chi connectivity index (χ4n) is 3.23. The van der Waals surface area contributed by atoms with Gasteiger partial charge in [-0.15, -0.1) is 0 Å². The summed E-state index contributed by atoms with van der Waals surface area (Å²) < 4.78 is 5.85. The fourth-order valence-corrected chi connectivity index (χ4v) is 3.36. The van der Waals surface area contributed by atoms with Gasteiger partial charge in [0.1, 0.15) is 5.58 Å². The first-order chi connectivity index (χ1) is 14.0. The standard InChI is InChI=1S/C24H18ClNO3/c1-15-20-12-11-19(26-22(27)13-16-7-9-18(25)10-8-16)14-21(20)29-24(15)23(28)17-5-3-2-4-6-17/h2-12,14H,13H2,1H3,(H,26,27). The van der Waals surface area contributed by atoms with Gasteiger partial charge in [-0.3, -0.25) is 9.59 Å².